The first-order chi connectivity index (χ1) is 6.02. The molecule has 0 aromatic heterocycles. The summed E-state index contributed by atoms with van der Waals surface area (Å²) in [6, 6.07) is 0. The normalized spacial score (nSPS) is 11.4. The van der Waals surface area contributed by atoms with Gasteiger partial charge in [-0.15, -0.1) is 0 Å². The van der Waals surface area contributed by atoms with Crippen LogP contribution in [0.4, 0.5) is 0 Å². The van der Waals surface area contributed by atoms with Crippen molar-refractivity contribution in [1.29, 1.82) is 0 Å². The van der Waals surface area contributed by atoms with Crippen molar-refractivity contribution in [2.75, 3.05) is 13.1 Å². The molecule has 3 nitrogen and oxygen atoms in total. The molecule has 78 valence electrons. The summed E-state index contributed by atoms with van der Waals surface area (Å²) in [6.45, 7) is 7.45. The van der Waals surface area contributed by atoms with Crippen molar-refractivity contribution >= 4 is 5.91 Å². The monoisotopic (exact) mass is 186 g/mol. The number of hydrogen-bond acceptors (Lipinski definition) is 2. The molecule has 13 heavy (non-hydrogen) atoms. The van der Waals surface area contributed by atoms with Crippen LogP contribution in [0.1, 0.15) is 40.0 Å². The number of rotatable bonds is 6. The summed E-state index contributed by atoms with van der Waals surface area (Å²) >= 11 is 0. The second-order valence-corrected chi connectivity index (χ2v) is 4.25. The number of nitrogens with one attached hydrogen (secondary N) is 1. The van der Waals surface area contributed by atoms with Gasteiger partial charge in [0.2, 0.25) is 5.91 Å². The number of carbonyl (C=O) groups excluding carboxylic acids is 1. The Morgan fingerprint density at radius 2 is 2.08 bits per heavy atom. The second-order valence-electron chi connectivity index (χ2n) is 4.25. The molecule has 0 aromatic carbocycles. The molecule has 0 aliphatic rings. The summed E-state index contributed by atoms with van der Waals surface area (Å²) in [5.41, 5.74) is 5.56. The molecule has 3 heteroatoms. The van der Waals surface area contributed by atoms with Crippen molar-refractivity contribution in [3.8, 4) is 0 Å². The molecule has 0 aromatic rings. The third-order valence-corrected chi connectivity index (χ3v) is 2.07. The number of unbranched alkanes of at least 4 members (excludes halogenated alkanes) is 1. The molecule has 0 saturated heterocycles. The Labute approximate surface area is 81.1 Å². The van der Waals surface area contributed by atoms with Crippen LogP contribution >= 0.6 is 0 Å². The first-order valence-electron chi connectivity index (χ1n) is 4.98. The summed E-state index contributed by atoms with van der Waals surface area (Å²) in [5, 5.41) is 2.89. The predicted octanol–water partition coefficient (Wildman–Crippen LogP) is 1.28. The lowest BCUT2D eigenvalue weighted by atomic mass is 9.94. The van der Waals surface area contributed by atoms with Crippen molar-refractivity contribution in [2.45, 2.75) is 40.0 Å². The SMILES string of the molecule is CCCCC(=O)NCC(C)(C)CN. The van der Waals surface area contributed by atoms with Crippen molar-refractivity contribution < 1.29 is 4.79 Å². The van der Waals surface area contributed by atoms with Crippen LogP contribution in [0.25, 0.3) is 0 Å². The highest BCUT2D eigenvalue weighted by atomic mass is 16.1. The van der Waals surface area contributed by atoms with E-state index in [1.54, 1.807) is 0 Å². The summed E-state index contributed by atoms with van der Waals surface area (Å²) in [7, 11) is 0. The van der Waals surface area contributed by atoms with Gasteiger partial charge >= 0.3 is 0 Å². The van der Waals surface area contributed by atoms with E-state index in [9.17, 15) is 4.79 Å². The molecule has 0 spiro atoms. The topological polar surface area (TPSA) is 55.1 Å². The molecule has 1 amide bonds. The van der Waals surface area contributed by atoms with Gasteiger partial charge in [-0.2, -0.15) is 0 Å². The van der Waals surface area contributed by atoms with Crippen LogP contribution in [0.2, 0.25) is 0 Å². The van der Waals surface area contributed by atoms with E-state index in [0.717, 1.165) is 12.8 Å². The number of hydrogen-bond donors (Lipinski definition) is 2. The van der Waals surface area contributed by atoms with Crippen molar-refractivity contribution in [3.63, 3.8) is 0 Å². The van der Waals surface area contributed by atoms with Gasteiger partial charge in [0.1, 0.15) is 0 Å². The van der Waals surface area contributed by atoms with Gasteiger partial charge in [-0.3, -0.25) is 4.79 Å². The van der Waals surface area contributed by atoms with Gasteiger partial charge in [-0.25, -0.2) is 0 Å². The Balaban J connectivity index is 3.57. The minimum atomic E-state index is 0.0157. The minimum absolute atomic E-state index is 0.0157. The van der Waals surface area contributed by atoms with Crippen molar-refractivity contribution in [1.82, 2.24) is 5.32 Å². The van der Waals surface area contributed by atoms with Gasteiger partial charge in [0, 0.05) is 13.0 Å². The first-order valence-corrected chi connectivity index (χ1v) is 4.98. The third-order valence-electron chi connectivity index (χ3n) is 2.07. The molecule has 3 N–H and O–H groups in total. The van der Waals surface area contributed by atoms with E-state index in [4.69, 9.17) is 5.73 Å². The van der Waals surface area contributed by atoms with E-state index in [1.807, 2.05) is 13.8 Å². The van der Waals surface area contributed by atoms with Crippen LogP contribution in [0, 0.1) is 5.41 Å². The molecular weight excluding hydrogens is 164 g/mol. The van der Waals surface area contributed by atoms with Crippen LogP contribution in [0.3, 0.4) is 0 Å². The van der Waals surface area contributed by atoms with Gasteiger partial charge in [0.25, 0.3) is 0 Å². The van der Waals surface area contributed by atoms with Gasteiger partial charge in [-0.1, -0.05) is 27.2 Å². The minimum Gasteiger partial charge on any atom is -0.356 e. The molecule has 0 rings (SSSR count). The average molecular weight is 186 g/mol. The standard InChI is InChI=1S/C10H22N2O/c1-4-5-6-9(13)12-8-10(2,3)7-11/h4-8,11H2,1-3H3,(H,12,13). The van der Waals surface area contributed by atoms with E-state index < -0.39 is 0 Å². The fraction of sp³-hybridized carbons (Fsp3) is 0.900. The molecule has 0 heterocycles. The van der Waals surface area contributed by atoms with Gasteiger partial charge in [0.05, 0.1) is 0 Å². The maximum atomic E-state index is 11.2. The van der Waals surface area contributed by atoms with Gasteiger partial charge in [-0.05, 0) is 18.4 Å². The second kappa shape index (κ2) is 5.97. The largest absolute Gasteiger partial charge is 0.356 e. The zero-order valence-corrected chi connectivity index (χ0v) is 9.02. The smallest absolute Gasteiger partial charge is 0.220 e. The highest BCUT2D eigenvalue weighted by Gasteiger charge is 2.15. The summed E-state index contributed by atoms with van der Waals surface area (Å²) in [5.74, 6) is 0.142. The molecule has 0 saturated carbocycles. The van der Waals surface area contributed by atoms with Gasteiger partial charge in [0.15, 0.2) is 0 Å². The van der Waals surface area contributed by atoms with E-state index in [-0.39, 0.29) is 11.3 Å². The van der Waals surface area contributed by atoms with E-state index >= 15 is 0 Å². The Bertz CT molecular complexity index is 155. The van der Waals surface area contributed by atoms with E-state index in [1.165, 1.54) is 0 Å². The molecule has 0 aliphatic carbocycles. The average Bonchev–Trinajstić information content (AvgIpc) is 2.11. The van der Waals surface area contributed by atoms with Crippen molar-refractivity contribution in [3.05, 3.63) is 0 Å². The highest BCUT2D eigenvalue weighted by molar-refractivity contribution is 5.75. The highest BCUT2D eigenvalue weighted by Crippen LogP contribution is 2.10. The lowest BCUT2D eigenvalue weighted by Crippen LogP contribution is -2.38. The van der Waals surface area contributed by atoms with Crippen LogP contribution in [-0.4, -0.2) is 19.0 Å². The number of amides is 1. The molecule has 0 fully saturated rings. The summed E-state index contributed by atoms with van der Waals surface area (Å²) < 4.78 is 0. The fourth-order valence-corrected chi connectivity index (χ4v) is 0.836. The quantitative estimate of drug-likeness (QED) is 0.656. The lowest BCUT2D eigenvalue weighted by Gasteiger charge is -2.22. The van der Waals surface area contributed by atoms with Crippen LogP contribution < -0.4 is 11.1 Å². The zero-order chi connectivity index (χ0) is 10.3. The predicted molar refractivity (Wildman–Crippen MR) is 55.4 cm³/mol. The van der Waals surface area contributed by atoms with Crippen molar-refractivity contribution in [2.24, 2.45) is 11.1 Å². The Hall–Kier alpha value is -0.570. The zero-order valence-electron chi connectivity index (χ0n) is 9.02. The van der Waals surface area contributed by atoms with E-state index in [0.29, 0.717) is 19.5 Å². The fourth-order valence-electron chi connectivity index (χ4n) is 0.836. The lowest BCUT2D eigenvalue weighted by molar-refractivity contribution is -0.121. The first kappa shape index (κ1) is 12.4. The molecular formula is C10H22N2O. The summed E-state index contributed by atoms with van der Waals surface area (Å²) in [4.78, 5) is 11.2. The maximum absolute atomic E-state index is 11.2. The molecule has 0 atom stereocenters. The Morgan fingerprint density at radius 1 is 1.46 bits per heavy atom. The molecule has 0 bridgehead atoms. The third kappa shape index (κ3) is 6.58. The molecule has 0 radical (unpaired) electrons. The molecule has 0 aliphatic heterocycles. The van der Waals surface area contributed by atoms with Crippen LogP contribution in [-0.2, 0) is 4.79 Å². The molecule has 0 unspecified atom stereocenters. The maximum Gasteiger partial charge on any atom is 0.220 e. The van der Waals surface area contributed by atoms with E-state index in [2.05, 4.69) is 12.2 Å². The summed E-state index contributed by atoms with van der Waals surface area (Å²) in [6.07, 6.45) is 2.67. The number of nitrogens with two attached hydrogens (primary N) is 1. The Morgan fingerprint density at radius 3 is 2.54 bits per heavy atom. The number of carbonyl (C=O) groups is 1. The Kier molecular flexibility index (Phi) is 5.71. The van der Waals surface area contributed by atoms with Gasteiger partial charge < -0.3 is 11.1 Å². The van der Waals surface area contributed by atoms with Crippen LogP contribution in [0.15, 0.2) is 0 Å². The van der Waals surface area contributed by atoms with Crippen LogP contribution in [0.5, 0.6) is 0 Å².